The van der Waals surface area contributed by atoms with E-state index in [-0.39, 0.29) is 0 Å². The Morgan fingerprint density at radius 2 is 2.12 bits per heavy atom. The first kappa shape index (κ1) is 10.2. The second-order valence-electron chi connectivity index (χ2n) is 3.49. The highest BCUT2D eigenvalue weighted by Gasteiger charge is 2.10. The first-order valence-electron chi connectivity index (χ1n) is 4.82. The Morgan fingerprint density at radius 3 is 2.69 bits per heavy atom. The average molecular weight is 213 g/mol. The van der Waals surface area contributed by atoms with Crippen molar-refractivity contribution >= 4 is 5.69 Å². The van der Waals surface area contributed by atoms with Crippen LogP contribution in [0, 0.1) is 25.2 Å². The minimum Gasteiger partial charge on any atom is -0.396 e. The van der Waals surface area contributed by atoms with Crippen LogP contribution in [0.15, 0.2) is 18.2 Å². The van der Waals surface area contributed by atoms with Crippen molar-refractivity contribution in [1.29, 1.82) is 5.26 Å². The SMILES string of the molecule is Cc1nn(-c2cccc(C#N)n2)c(C)c1N. The number of nitrogens with two attached hydrogens (primary N) is 1. The number of hydrogen-bond acceptors (Lipinski definition) is 4. The molecule has 0 atom stereocenters. The van der Waals surface area contributed by atoms with E-state index >= 15 is 0 Å². The third-order valence-electron chi connectivity index (χ3n) is 2.41. The van der Waals surface area contributed by atoms with E-state index < -0.39 is 0 Å². The van der Waals surface area contributed by atoms with Gasteiger partial charge in [-0.05, 0) is 26.0 Å². The summed E-state index contributed by atoms with van der Waals surface area (Å²) in [7, 11) is 0. The molecule has 16 heavy (non-hydrogen) atoms. The molecule has 2 aromatic heterocycles. The smallest absolute Gasteiger partial charge is 0.155 e. The molecule has 80 valence electrons. The maximum Gasteiger partial charge on any atom is 0.155 e. The molecule has 2 N–H and O–H groups in total. The zero-order chi connectivity index (χ0) is 11.7. The van der Waals surface area contributed by atoms with Gasteiger partial charge in [-0.3, -0.25) is 0 Å². The Kier molecular flexibility index (Phi) is 2.33. The Hall–Kier alpha value is -2.35. The number of nitriles is 1. The van der Waals surface area contributed by atoms with E-state index in [2.05, 4.69) is 10.1 Å². The summed E-state index contributed by atoms with van der Waals surface area (Å²) < 4.78 is 1.64. The Bertz CT molecular complexity index is 577. The van der Waals surface area contributed by atoms with Crippen molar-refractivity contribution in [3.8, 4) is 11.9 Å². The first-order valence-corrected chi connectivity index (χ1v) is 4.82. The monoisotopic (exact) mass is 213 g/mol. The molecule has 2 heterocycles. The third kappa shape index (κ3) is 1.50. The van der Waals surface area contributed by atoms with Crippen LogP contribution in [0.25, 0.3) is 5.82 Å². The Morgan fingerprint density at radius 1 is 1.38 bits per heavy atom. The Labute approximate surface area is 93.1 Å². The van der Waals surface area contributed by atoms with Crippen LogP contribution in [-0.4, -0.2) is 14.8 Å². The highest BCUT2D eigenvalue weighted by Crippen LogP contribution is 2.18. The van der Waals surface area contributed by atoms with Gasteiger partial charge in [-0.1, -0.05) is 6.07 Å². The molecule has 0 aromatic carbocycles. The lowest BCUT2D eigenvalue weighted by molar-refractivity contribution is 0.804. The second-order valence-corrected chi connectivity index (χ2v) is 3.49. The molecule has 2 rings (SSSR count). The summed E-state index contributed by atoms with van der Waals surface area (Å²) in [5.74, 6) is 0.608. The van der Waals surface area contributed by atoms with E-state index in [1.807, 2.05) is 19.9 Å². The van der Waals surface area contributed by atoms with Crippen molar-refractivity contribution < 1.29 is 0 Å². The molecule has 0 radical (unpaired) electrons. The number of hydrogen-bond donors (Lipinski definition) is 1. The van der Waals surface area contributed by atoms with Crippen LogP contribution in [0.3, 0.4) is 0 Å². The predicted molar refractivity (Wildman–Crippen MR) is 60.0 cm³/mol. The van der Waals surface area contributed by atoms with Crippen LogP contribution in [-0.2, 0) is 0 Å². The van der Waals surface area contributed by atoms with E-state index in [9.17, 15) is 0 Å². The van der Waals surface area contributed by atoms with Crippen molar-refractivity contribution in [2.75, 3.05) is 5.73 Å². The summed E-state index contributed by atoms with van der Waals surface area (Å²) in [5, 5.41) is 13.0. The number of aromatic nitrogens is 3. The number of nitrogen functional groups attached to an aromatic ring is 1. The van der Waals surface area contributed by atoms with Crippen molar-refractivity contribution in [2.24, 2.45) is 0 Å². The van der Waals surface area contributed by atoms with Gasteiger partial charge in [-0.2, -0.15) is 10.4 Å². The summed E-state index contributed by atoms with van der Waals surface area (Å²) in [6.45, 7) is 3.71. The summed E-state index contributed by atoms with van der Waals surface area (Å²) in [5.41, 5.74) is 8.45. The average Bonchev–Trinajstić information content (AvgIpc) is 2.57. The predicted octanol–water partition coefficient (Wildman–Crippen LogP) is 1.34. The van der Waals surface area contributed by atoms with Gasteiger partial charge in [-0.25, -0.2) is 9.67 Å². The van der Waals surface area contributed by atoms with Gasteiger partial charge in [0, 0.05) is 0 Å². The van der Waals surface area contributed by atoms with Gasteiger partial charge in [0.15, 0.2) is 5.82 Å². The van der Waals surface area contributed by atoms with Crippen LogP contribution >= 0.6 is 0 Å². The standard InChI is InChI=1S/C11H11N5/c1-7-11(13)8(2)16(15-7)10-5-3-4-9(6-12)14-10/h3-5H,13H2,1-2H3. The molecule has 0 spiro atoms. The summed E-state index contributed by atoms with van der Waals surface area (Å²) in [6.07, 6.45) is 0. The maximum absolute atomic E-state index is 8.77. The third-order valence-corrected chi connectivity index (χ3v) is 2.41. The van der Waals surface area contributed by atoms with Crippen molar-refractivity contribution in [1.82, 2.24) is 14.8 Å². The van der Waals surface area contributed by atoms with Gasteiger partial charge >= 0.3 is 0 Å². The molecule has 0 aliphatic heterocycles. The molecule has 0 bridgehead atoms. The molecular formula is C11H11N5. The fourth-order valence-electron chi connectivity index (χ4n) is 1.48. The highest BCUT2D eigenvalue weighted by atomic mass is 15.3. The molecule has 5 nitrogen and oxygen atoms in total. The van der Waals surface area contributed by atoms with Crippen LogP contribution in [0.4, 0.5) is 5.69 Å². The van der Waals surface area contributed by atoms with Gasteiger partial charge in [0.05, 0.1) is 17.1 Å². The fraction of sp³-hybridized carbons (Fsp3) is 0.182. The Balaban J connectivity index is 2.59. The number of anilines is 1. The van der Waals surface area contributed by atoms with Gasteiger partial charge in [-0.15, -0.1) is 0 Å². The molecule has 0 saturated carbocycles. The van der Waals surface area contributed by atoms with Crippen LogP contribution in [0.2, 0.25) is 0 Å². The molecule has 2 aromatic rings. The molecule has 5 heteroatoms. The van der Waals surface area contributed by atoms with Crippen molar-refractivity contribution in [2.45, 2.75) is 13.8 Å². The molecular weight excluding hydrogens is 202 g/mol. The maximum atomic E-state index is 8.77. The molecule has 0 amide bonds. The van der Waals surface area contributed by atoms with Crippen molar-refractivity contribution in [3.05, 3.63) is 35.3 Å². The summed E-state index contributed by atoms with van der Waals surface area (Å²) in [6, 6.07) is 7.21. The molecule has 0 fully saturated rings. The van der Waals surface area contributed by atoms with Gasteiger partial charge in [0.2, 0.25) is 0 Å². The molecule has 0 saturated heterocycles. The van der Waals surface area contributed by atoms with E-state index in [1.165, 1.54) is 0 Å². The minimum absolute atomic E-state index is 0.364. The van der Waals surface area contributed by atoms with Crippen LogP contribution in [0.5, 0.6) is 0 Å². The lowest BCUT2D eigenvalue weighted by atomic mass is 10.3. The van der Waals surface area contributed by atoms with Gasteiger partial charge in [0.1, 0.15) is 11.8 Å². The fourth-order valence-corrected chi connectivity index (χ4v) is 1.48. The summed E-state index contributed by atoms with van der Waals surface area (Å²) in [4.78, 5) is 4.16. The molecule has 0 aliphatic rings. The lowest BCUT2D eigenvalue weighted by Crippen LogP contribution is -2.03. The van der Waals surface area contributed by atoms with Gasteiger partial charge < -0.3 is 5.73 Å². The molecule has 0 unspecified atom stereocenters. The van der Waals surface area contributed by atoms with Crippen molar-refractivity contribution in [3.63, 3.8) is 0 Å². The van der Waals surface area contributed by atoms with E-state index in [0.29, 0.717) is 17.2 Å². The normalized spacial score (nSPS) is 10.1. The number of rotatable bonds is 1. The number of aryl methyl sites for hydroxylation is 1. The minimum atomic E-state index is 0.364. The highest BCUT2D eigenvalue weighted by molar-refractivity contribution is 5.49. The zero-order valence-corrected chi connectivity index (χ0v) is 9.10. The number of nitrogens with zero attached hydrogens (tertiary/aromatic N) is 4. The second kappa shape index (κ2) is 3.66. The summed E-state index contributed by atoms with van der Waals surface area (Å²) >= 11 is 0. The first-order chi connectivity index (χ1) is 7.63. The van der Waals surface area contributed by atoms with Gasteiger partial charge in [0.25, 0.3) is 0 Å². The van der Waals surface area contributed by atoms with Crippen LogP contribution in [0.1, 0.15) is 17.1 Å². The van der Waals surface area contributed by atoms with E-state index in [1.54, 1.807) is 22.9 Å². The molecule has 0 aliphatic carbocycles. The van der Waals surface area contributed by atoms with E-state index in [4.69, 9.17) is 11.0 Å². The number of pyridine rings is 1. The zero-order valence-electron chi connectivity index (χ0n) is 9.10. The lowest BCUT2D eigenvalue weighted by Gasteiger charge is -2.02. The van der Waals surface area contributed by atoms with Crippen LogP contribution < -0.4 is 5.73 Å². The quantitative estimate of drug-likeness (QED) is 0.775. The topological polar surface area (TPSA) is 80.5 Å². The largest absolute Gasteiger partial charge is 0.396 e. The van der Waals surface area contributed by atoms with E-state index in [0.717, 1.165) is 11.4 Å².